The molecule has 1 aromatic heterocycles. The zero-order valence-corrected chi connectivity index (χ0v) is 18.3. The molecule has 0 bridgehead atoms. The van der Waals surface area contributed by atoms with E-state index in [1.54, 1.807) is 11.0 Å². The lowest BCUT2D eigenvalue weighted by Crippen LogP contribution is -2.32. The fraction of sp³-hybridized carbons (Fsp3) is 0.304. The van der Waals surface area contributed by atoms with Gasteiger partial charge < -0.3 is 14.2 Å². The smallest absolute Gasteiger partial charge is 0.290 e. The largest absolute Gasteiger partial charge is 0.450 e. The quantitative estimate of drug-likeness (QED) is 0.574. The van der Waals surface area contributed by atoms with Crippen LogP contribution in [-0.4, -0.2) is 42.9 Å². The monoisotopic (exact) mass is 454 g/mol. The van der Waals surface area contributed by atoms with Gasteiger partial charge in [0, 0.05) is 11.0 Å². The first-order valence-electron chi connectivity index (χ1n) is 9.65. The van der Waals surface area contributed by atoms with Crippen LogP contribution in [0.25, 0.3) is 11.0 Å². The van der Waals surface area contributed by atoms with Crippen LogP contribution in [0.1, 0.15) is 39.7 Å². The van der Waals surface area contributed by atoms with Crippen molar-refractivity contribution in [2.24, 2.45) is 0 Å². The summed E-state index contributed by atoms with van der Waals surface area (Å²) in [5.41, 5.74) is 2.65. The van der Waals surface area contributed by atoms with Crippen molar-refractivity contribution in [1.82, 2.24) is 9.80 Å². The molecule has 1 aliphatic rings. The molecule has 1 unspecified atom stereocenters. The van der Waals surface area contributed by atoms with E-state index in [-0.39, 0.29) is 17.1 Å². The summed E-state index contributed by atoms with van der Waals surface area (Å²) in [4.78, 5) is 30.6. The van der Waals surface area contributed by atoms with E-state index in [9.17, 15) is 9.59 Å². The molecule has 6 heteroatoms. The highest BCUT2D eigenvalue weighted by molar-refractivity contribution is 9.10. The van der Waals surface area contributed by atoms with Crippen LogP contribution in [-0.2, 0) is 0 Å². The van der Waals surface area contributed by atoms with Gasteiger partial charge in [0.1, 0.15) is 5.58 Å². The summed E-state index contributed by atoms with van der Waals surface area (Å²) < 4.78 is 6.89. The Morgan fingerprint density at radius 1 is 1.14 bits per heavy atom. The fourth-order valence-electron chi connectivity index (χ4n) is 3.95. The van der Waals surface area contributed by atoms with Crippen LogP contribution in [0.2, 0.25) is 0 Å². The Kier molecular flexibility index (Phi) is 5.32. The van der Waals surface area contributed by atoms with Crippen molar-refractivity contribution in [1.29, 1.82) is 0 Å². The molecule has 29 heavy (non-hydrogen) atoms. The van der Waals surface area contributed by atoms with E-state index < -0.39 is 6.04 Å². The van der Waals surface area contributed by atoms with Crippen molar-refractivity contribution in [2.75, 3.05) is 27.2 Å². The van der Waals surface area contributed by atoms with Crippen LogP contribution in [0, 0.1) is 6.92 Å². The number of rotatable bonds is 5. The lowest BCUT2D eigenvalue weighted by atomic mass is 9.98. The minimum Gasteiger partial charge on any atom is -0.450 e. The molecule has 0 aliphatic carbocycles. The topological polar surface area (TPSA) is 53.8 Å². The number of halogens is 1. The van der Waals surface area contributed by atoms with Crippen LogP contribution in [0.15, 0.2) is 56.1 Å². The zero-order chi connectivity index (χ0) is 20.7. The highest BCUT2D eigenvalue weighted by atomic mass is 79.9. The van der Waals surface area contributed by atoms with Crippen molar-refractivity contribution in [3.8, 4) is 0 Å². The Balaban J connectivity index is 1.89. The van der Waals surface area contributed by atoms with Crippen LogP contribution < -0.4 is 5.43 Å². The van der Waals surface area contributed by atoms with Gasteiger partial charge >= 0.3 is 0 Å². The lowest BCUT2D eigenvalue weighted by Gasteiger charge is -2.26. The molecule has 2 heterocycles. The molecule has 1 atom stereocenters. The van der Waals surface area contributed by atoms with E-state index in [1.165, 1.54) is 0 Å². The maximum absolute atomic E-state index is 13.5. The molecule has 0 saturated carbocycles. The molecule has 3 aromatic rings. The van der Waals surface area contributed by atoms with Gasteiger partial charge in [-0.15, -0.1) is 0 Å². The SMILES string of the molecule is Cc1ccc2oc3c(c(=O)c2c1)C(c1cccc(Br)c1)N(CCCN(C)C)C3=O. The standard InChI is InChI=1S/C23H23BrN2O3/c1-14-8-9-18-17(12-14)21(27)19-20(15-6-4-7-16(24)13-15)26(11-5-10-25(2)3)23(28)22(19)29-18/h4,6-9,12-13,20H,5,10-11H2,1-3H3. The molecule has 4 rings (SSSR count). The predicted molar refractivity (Wildman–Crippen MR) is 117 cm³/mol. The minimum atomic E-state index is -0.446. The van der Waals surface area contributed by atoms with Gasteiger partial charge in [-0.1, -0.05) is 39.7 Å². The highest BCUT2D eigenvalue weighted by Gasteiger charge is 2.42. The second kappa shape index (κ2) is 7.76. The fourth-order valence-corrected chi connectivity index (χ4v) is 4.36. The zero-order valence-electron chi connectivity index (χ0n) is 16.7. The molecule has 2 aromatic carbocycles. The summed E-state index contributed by atoms with van der Waals surface area (Å²) in [5.74, 6) is -0.0514. The van der Waals surface area contributed by atoms with E-state index in [1.807, 2.05) is 57.4 Å². The Morgan fingerprint density at radius 2 is 1.93 bits per heavy atom. The third-order valence-electron chi connectivity index (χ3n) is 5.29. The lowest BCUT2D eigenvalue weighted by molar-refractivity contribution is 0.0722. The van der Waals surface area contributed by atoms with Gasteiger partial charge in [0.15, 0.2) is 5.43 Å². The minimum absolute atomic E-state index is 0.126. The Labute approximate surface area is 178 Å². The van der Waals surface area contributed by atoms with E-state index in [0.29, 0.717) is 23.1 Å². The van der Waals surface area contributed by atoms with Crippen LogP contribution >= 0.6 is 15.9 Å². The molecule has 0 saturated heterocycles. The first kappa shape index (κ1) is 19.9. The van der Waals surface area contributed by atoms with Crippen LogP contribution in [0.5, 0.6) is 0 Å². The van der Waals surface area contributed by atoms with Gasteiger partial charge in [-0.2, -0.15) is 0 Å². The van der Waals surface area contributed by atoms with Gasteiger partial charge in [0.25, 0.3) is 5.91 Å². The van der Waals surface area contributed by atoms with Crippen molar-refractivity contribution in [2.45, 2.75) is 19.4 Å². The second-order valence-corrected chi connectivity index (χ2v) is 8.70. The Bertz CT molecular complexity index is 1150. The molecule has 0 spiro atoms. The summed E-state index contributed by atoms with van der Waals surface area (Å²) in [6.07, 6.45) is 0.810. The number of fused-ring (bicyclic) bond motifs is 2. The van der Waals surface area contributed by atoms with Crippen LogP contribution in [0.3, 0.4) is 0 Å². The third-order valence-corrected chi connectivity index (χ3v) is 5.78. The molecular formula is C23H23BrN2O3. The molecule has 0 radical (unpaired) electrons. The van der Waals surface area contributed by atoms with Gasteiger partial charge in [0.2, 0.25) is 5.76 Å². The van der Waals surface area contributed by atoms with E-state index >= 15 is 0 Å². The highest BCUT2D eigenvalue weighted by Crippen LogP contribution is 2.38. The number of benzene rings is 2. The summed E-state index contributed by atoms with van der Waals surface area (Å²) in [6, 6.07) is 12.8. The van der Waals surface area contributed by atoms with Crippen molar-refractivity contribution < 1.29 is 9.21 Å². The van der Waals surface area contributed by atoms with E-state index in [0.717, 1.165) is 28.6 Å². The maximum Gasteiger partial charge on any atom is 0.290 e. The number of carbonyl (C=O) groups excluding carboxylic acids is 1. The first-order chi connectivity index (χ1) is 13.9. The van der Waals surface area contributed by atoms with Gasteiger partial charge in [-0.3, -0.25) is 9.59 Å². The second-order valence-electron chi connectivity index (χ2n) is 7.79. The Hall–Kier alpha value is -2.44. The normalized spacial score (nSPS) is 16.1. The summed E-state index contributed by atoms with van der Waals surface area (Å²) in [6.45, 7) is 3.34. The summed E-state index contributed by atoms with van der Waals surface area (Å²) >= 11 is 3.51. The van der Waals surface area contributed by atoms with Crippen molar-refractivity contribution in [3.63, 3.8) is 0 Å². The average molecular weight is 455 g/mol. The molecular weight excluding hydrogens is 432 g/mol. The number of hydrogen-bond donors (Lipinski definition) is 0. The number of hydrogen-bond acceptors (Lipinski definition) is 4. The van der Waals surface area contributed by atoms with Crippen LogP contribution in [0.4, 0.5) is 0 Å². The molecule has 150 valence electrons. The van der Waals surface area contributed by atoms with E-state index in [2.05, 4.69) is 20.8 Å². The average Bonchev–Trinajstić information content (AvgIpc) is 2.95. The van der Waals surface area contributed by atoms with Crippen molar-refractivity contribution in [3.05, 3.63) is 79.6 Å². The number of aryl methyl sites for hydroxylation is 1. The number of nitrogens with zero attached hydrogens (tertiary/aromatic N) is 2. The number of amides is 1. The summed E-state index contributed by atoms with van der Waals surface area (Å²) in [7, 11) is 4.01. The predicted octanol–water partition coefficient (Wildman–Crippen LogP) is 4.36. The molecule has 0 fully saturated rings. The summed E-state index contributed by atoms with van der Waals surface area (Å²) in [5, 5.41) is 0.520. The molecule has 5 nitrogen and oxygen atoms in total. The van der Waals surface area contributed by atoms with E-state index in [4.69, 9.17) is 4.42 Å². The number of carbonyl (C=O) groups is 1. The first-order valence-corrected chi connectivity index (χ1v) is 10.4. The van der Waals surface area contributed by atoms with Crippen molar-refractivity contribution >= 4 is 32.8 Å². The maximum atomic E-state index is 13.5. The van der Waals surface area contributed by atoms with Gasteiger partial charge in [-0.25, -0.2) is 0 Å². The van der Waals surface area contributed by atoms with Gasteiger partial charge in [0.05, 0.1) is 17.0 Å². The molecule has 0 N–H and O–H groups in total. The molecule has 1 aliphatic heterocycles. The molecule has 1 amide bonds. The third kappa shape index (κ3) is 3.63. The Morgan fingerprint density at radius 3 is 2.66 bits per heavy atom. The van der Waals surface area contributed by atoms with Gasteiger partial charge in [-0.05, 0) is 63.8 Å².